The fourth-order valence-corrected chi connectivity index (χ4v) is 0.641. The number of hydrogen-bond acceptors (Lipinski definition) is 2. The second kappa shape index (κ2) is 6.13. The summed E-state index contributed by atoms with van der Waals surface area (Å²) in [4.78, 5) is 4.01. The Hall–Kier alpha value is -0.990. The van der Waals surface area contributed by atoms with Gasteiger partial charge < -0.3 is 10.6 Å². The second-order valence-electron chi connectivity index (χ2n) is 1.83. The van der Waals surface area contributed by atoms with Gasteiger partial charge in [0.15, 0.2) is 0 Å². The molecule has 0 aliphatic rings. The average Bonchev–Trinajstić information content (AvgIpc) is 1.99. The summed E-state index contributed by atoms with van der Waals surface area (Å²) in [5.41, 5.74) is 0. The molecule has 0 aliphatic carbocycles. The van der Waals surface area contributed by atoms with Crippen molar-refractivity contribution in [3.63, 3.8) is 0 Å². The lowest BCUT2D eigenvalue weighted by Crippen LogP contribution is -2.22. The topological polar surface area (TPSA) is 36.4 Å². The zero-order valence-electron chi connectivity index (χ0n) is 6.65. The Bertz CT molecular complexity index is 118. The first-order valence-electron chi connectivity index (χ1n) is 3.32. The molecular formula is C7H15N3. The molecule has 0 fully saturated rings. The number of hydrogen-bond donors (Lipinski definition) is 2. The Balaban J connectivity index is 3.36. The fourth-order valence-electron chi connectivity index (χ4n) is 0.641. The van der Waals surface area contributed by atoms with Crippen LogP contribution in [-0.2, 0) is 0 Å². The largest absolute Gasteiger partial charge is 0.391 e. The van der Waals surface area contributed by atoms with Crippen LogP contribution in [0, 0.1) is 0 Å². The van der Waals surface area contributed by atoms with Gasteiger partial charge in [0.25, 0.3) is 0 Å². The predicted molar refractivity (Wildman–Crippen MR) is 45.2 cm³/mol. The molecule has 0 radical (unpaired) electrons. The van der Waals surface area contributed by atoms with Crippen molar-refractivity contribution in [2.24, 2.45) is 4.99 Å². The maximum absolute atomic E-state index is 4.01. The van der Waals surface area contributed by atoms with E-state index in [1.807, 2.05) is 7.05 Å². The van der Waals surface area contributed by atoms with Crippen LogP contribution in [-0.4, -0.2) is 26.5 Å². The van der Waals surface area contributed by atoms with E-state index in [-0.39, 0.29) is 0 Å². The molecule has 3 heteroatoms. The first kappa shape index (κ1) is 9.01. The normalized spacial score (nSPS) is 10.8. The van der Waals surface area contributed by atoms with Crippen LogP contribution in [0.4, 0.5) is 0 Å². The van der Waals surface area contributed by atoms with Gasteiger partial charge in [-0.25, -0.2) is 0 Å². The van der Waals surface area contributed by atoms with Crippen molar-refractivity contribution in [3.8, 4) is 0 Å². The Morgan fingerprint density at radius 2 is 2.40 bits per heavy atom. The van der Waals surface area contributed by atoms with Gasteiger partial charge in [0.1, 0.15) is 0 Å². The molecule has 0 saturated heterocycles. The lowest BCUT2D eigenvalue weighted by Gasteiger charge is -2.03. The monoisotopic (exact) mass is 141 g/mol. The molecule has 0 aromatic rings. The minimum atomic E-state index is 0.886. The van der Waals surface area contributed by atoms with Crippen LogP contribution in [0.1, 0.15) is 6.42 Å². The second-order valence-corrected chi connectivity index (χ2v) is 1.83. The summed E-state index contributed by atoms with van der Waals surface area (Å²) in [6, 6.07) is 0. The highest BCUT2D eigenvalue weighted by molar-refractivity contribution is 5.81. The summed E-state index contributed by atoms with van der Waals surface area (Å²) < 4.78 is 0. The quantitative estimate of drug-likeness (QED) is 0.337. The molecule has 0 atom stereocenters. The van der Waals surface area contributed by atoms with Gasteiger partial charge in [-0.3, -0.25) is 4.99 Å². The summed E-state index contributed by atoms with van der Waals surface area (Å²) in [6.45, 7) is 4.42. The number of rotatable bonds is 4. The molecule has 0 aromatic heterocycles. The van der Waals surface area contributed by atoms with Crippen LogP contribution < -0.4 is 10.6 Å². The first-order valence-corrected chi connectivity index (χ1v) is 3.32. The highest BCUT2D eigenvalue weighted by Crippen LogP contribution is 1.78. The number of aliphatic imine (C=N–C) groups is 1. The van der Waals surface area contributed by atoms with Crippen molar-refractivity contribution >= 4 is 5.84 Å². The number of nitrogens with zero attached hydrogens (tertiary/aromatic N) is 1. The molecule has 0 bridgehead atoms. The lowest BCUT2D eigenvalue weighted by atomic mass is 10.4. The molecule has 0 spiro atoms. The zero-order valence-corrected chi connectivity index (χ0v) is 6.65. The smallest absolute Gasteiger partial charge is 0.0974 e. The van der Waals surface area contributed by atoms with Gasteiger partial charge in [0.2, 0.25) is 0 Å². The highest BCUT2D eigenvalue weighted by atomic mass is 15.0. The summed E-state index contributed by atoms with van der Waals surface area (Å²) in [5.74, 6) is 1.01. The van der Waals surface area contributed by atoms with Crippen LogP contribution in [0.25, 0.3) is 0 Å². The van der Waals surface area contributed by atoms with E-state index in [0.717, 1.165) is 18.8 Å². The molecule has 0 amide bonds. The lowest BCUT2D eigenvalue weighted by molar-refractivity contribution is 0.854. The van der Waals surface area contributed by atoms with Gasteiger partial charge in [0.05, 0.1) is 5.84 Å². The van der Waals surface area contributed by atoms with Crippen LogP contribution in [0.5, 0.6) is 0 Å². The van der Waals surface area contributed by atoms with E-state index < -0.39 is 0 Å². The van der Waals surface area contributed by atoms with Crippen molar-refractivity contribution in [1.29, 1.82) is 0 Å². The standard InChI is InChI=1S/C7H15N3/c1-4-10-6-5-7(8-2)9-3/h4,10H,1,5-6H2,2-3H3,(H,8,9). The van der Waals surface area contributed by atoms with Gasteiger partial charge in [-0.15, -0.1) is 0 Å². The van der Waals surface area contributed by atoms with E-state index in [4.69, 9.17) is 0 Å². The van der Waals surface area contributed by atoms with Gasteiger partial charge >= 0.3 is 0 Å². The zero-order chi connectivity index (χ0) is 7.82. The van der Waals surface area contributed by atoms with Crippen LogP contribution in [0.2, 0.25) is 0 Å². The molecule has 0 unspecified atom stereocenters. The third kappa shape index (κ3) is 3.95. The number of nitrogens with one attached hydrogen (secondary N) is 2. The Labute approximate surface area is 62.2 Å². The first-order chi connectivity index (χ1) is 4.85. The molecule has 0 rings (SSSR count). The molecule has 3 nitrogen and oxygen atoms in total. The van der Waals surface area contributed by atoms with E-state index in [2.05, 4.69) is 22.2 Å². The summed E-state index contributed by atoms with van der Waals surface area (Å²) in [5, 5.41) is 5.98. The Kier molecular flexibility index (Phi) is 5.53. The molecule has 58 valence electrons. The van der Waals surface area contributed by atoms with Crippen molar-refractivity contribution in [1.82, 2.24) is 10.6 Å². The summed E-state index contributed by atoms with van der Waals surface area (Å²) in [6.07, 6.45) is 2.60. The van der Waals surface area contributed by atoms with E-state index >= 15 is 0 Å². The van der Waals surface area contributed by atoms with Crippen LogP contribution >= 0.6 is 0 Å². The molecule has 0 aliphatic heterocycles. The van der Waals surface area contributed by atoms with Gasteiger partial charge in [-0.2, -0.15) is 0 Å². The maximum Gasteiger partial charge on any atom is 0.0974 e. The van der Waals surface area contributed by atoms with Crippen LogP contribution in [0.15, 0.2) is 17.8 Å². The van der Waals surface area contributed by atoms with E-state index in [1.54, 1.807) is 13.2 Å². The Morgan fingerprint density at radius 3 is 2.80 bits per heavy atom. The third-order valence-electron chi connectivity index (χ3n) is 1.21. The van der Waals surface area contributed by atoms with Crippen molar-refractivity contribution in [2.75, 3.05) is 20.6 Å². The minimum Gasteiger partial charge on any atom is -0.391 e. The predicted octanol–water partition coefficient (Wildman–Crippen LogP) is 0.357. The van der Waals surface area contributed by atoms with E-state index in [1.165, 1.54) is 0 Å². The van der Waals surface area contributed by atoms with Crippen LogP contribution in [0.3, 0.4) is 0 Å². The third-order valence-corrected chi connectivity index (χ3v) is 1.21. The van der Waals surface area contributed by atoms with E-state index in [0.29, 0.717) is 0 Å². The van der Waals surface area contributed by atoms with Crippen molar-refractivity contribution < 1.29 is 0 Å². The highest BCUT2D eigenvalue weighted by Gasteiger charge is 1.90. The van der Waals surface area contributed by atoms with E-state index in [9.17, 15) is 0 Å². The van der Waals surface area contributed by atoms with Crippen molar-refractivity contribution in [3.05, 3.63) is 12.8 Å². The summed E-state index contributed by atoms with van der Waals surface area (Å²) >= 11 is 0. The van der Waals surface area contributed by atoms with Crippen molar-refractivity contribution in [2.45, 2.75) is 6.42 Å². The van der Waals surface area contributed by atoms with Gasteiger partial charge in [0, 0.05) is 27.1 Å². The SMILES string of the molecule is C=CNCC/C(=N\C)NC. The average molecular weight is 141 g/mol. The van der Waals surface area contributed by atoms with Gasteiger partial charge in [-0.1, -0.05) is 6.58 Å². The molecule has 2 N–H and O–H groups in total. The molecular weight excluding hydrogens is 126 g/mol. The molecule has 10 heavy (non-hydrogen) atoms. The fraction of sp³-hybridized carbons (Fsp3) is 0.571. The minimum absolute atomic E-state index is 0.886. The maximum atomic E-state index is 4.01. The molecule has 0 aromatic carbocycles. The molecule has 0 heterocycles. The van der Waals surface area contributed by atoms with Gasteiger partial charge in [-0.05, 0) is 6.20 Å². The summed E-state index contributed by atoms with van der Waals surface area (Å²) in [7, 11) is 3.65. The molecule has 0 saturated carbocycles. The Morgan fingerprint density at radius 1 is 1.70 bits per heavy atom. The number of amidine groups is 1.